The summed E-state index contributed by atoms with van der Waals surface area (Å²) in [7, 11) is 0. The van der Waals surface area contributed by atoms with E-state index in [1.807, 2.05) is 48.7 Å². The predicted molar refractivity (Wildman–Crippen MR) is 89.2 cm³/mol. The zero-order valence-corrected chi connectivity index (χ0v) is 13.0. The van der Waals surface area contributed by atoms with Gasteiger partial charge >= 0.3 is 0 Å². The molecule has 21 heavy (non-hydrogen) atoms. The molecule has 0 unspecified atom stereocenters. The van der Waals surface area contributed by atoms with Gasteiger partial charge in [0.1, 0.15) is 0 Å². The number of pyridine rings is 1. The molecular weight excluding hydrogens is 304 g/mol. The van der Waals surface area contributed by atoms with Crippen molar-refractivity contribution in [3.05, 3.63) is 68.2 Å². The zero-order valence-electron chi connectivity index (χ0n) is 11.4. The van der Waals surface area contributed by atoms with Crippen LogP contribution in [0, 0.1) is 0 Å². The highest BCUT2D eigenvalue weighted by Gasteiger charge is 2.02. The van der Waals surface area contributed by atoms with Crippen molar-refractivity contribution in [1.29, 1.82) is 0 Å². The number of hydrogen-bond donors (Lipinski definition) is 1. The average molecular weight is 319 g/mol. The maximum atomic E-state index is 12.3. The fourth-order valence-corrected chi connectivity index (χ4v) is 3.32. The largest absolute Gasteiger partial charge is 0.314 e. The van der Waals surface area contributed by atoms with Crippen LogP contribution in [-0.4, -0.2) is 11.1 Å². The molecule has 0 fully saturated rings. The summed E-state index contributed by atoms with van der Waals surface area (Å²) in [5.41, 5.74) is 0.0640. The van der Waals surface area contributed by atoms with Crippen molar-refractivity contribution >= 4 is 33.7 Å². The molecule has 0 bridgehead atoms. The average Bonchev–Trinajstić information content (AvgIpc) is 2.91. The van der Waals surface area contributed by atoms with Crippen LogP contribution in [0.4, 0.5) is 0 Å². The number of thiophene rings is 1. The van der Waals surface area contributed by atoms with Gasteiger partial charge in [-0.15, -0.1) is 11.3 Å². The summed E-state index contributed by atoms with van der Waals surface area (Å²) in [6.07, 6.45) is 1.86. The first-order chi connectivity index (χ1) is 10.2. The highest BCUT2D eigenvalue weighted by molar-refractivity contribution is 7.16. The van der Waals surface area contributed by atoms with Gasteiger partial charge in [-0.2, -0.15) is 0 Å². The van der Waals surface area contributed by atoms with Crippen molar-refractivity contribution in [2.45, 2.75) is 13.1 Å². The maximum Gasteiger partial charge on any atom is 0.258 e. The third-order valence-corrected chi connectivity index (χ3v) is 4.57. The normalized spacial score (nSPS) is 11.1. The number of aromatic nitrogens is 1. The van der Waals surface area contributed by atoms with Crippen LogP contribution in [-0.2, 0) is 13.1 Å². The third kappa shape index (κ3) is 3.35. The number of halogens is 1. The van der Waals surface area contributed by atoms with E-state index in [0.29, 0.717) is 6.54 Å². The molecule has 0 saturated heterocycles. The first-order valence-electron chi connectivity index (χ1n) is 6.77. The Morgan fingerprint density at radius 2 is 2.00 bits per heavy atom. The lowest BCUT2D eigenvalue weighted by Crippen LogP contribution is -2.26. The van der Waals surface area contributed by atoms with Gasteiger partial charge in [0.05, 0.1) is 4.34 Å². The van der Waals surface area contributed by atoms with Crippen molar-refractivity contribution in [3.8, 4) is 0 Å². The third-order valence-electron chi connectivity index (χ3n) is 3.34. The van der Waals surface area contributed by atoms with Gasteiger partial charge in [0, 0.05) is 36.1 Å². The van der Waals surface area contributed by atoms with Gasteiger partial charge in [-0.25, -0.2) is 0 Å². The van der Waals surface area contributed by atoms with Gasteiger partial charge in [0.2, 0.25) is 0 Å². The number of hydrogen-bond acceptors (Lipinski definition) is 3. The monoisotopic (exact) mass is 318 g/mol. The van der Waals surface area contributed by atoms with Gasteiger partial charge in [-0.1, -0.05) is 29.8 Å². The van der Waals surface area contributed by atoms with Crippen molar-refractivity contribution in [1.82, 2.24) is 9.88 Å². The standard InChI is InChI=1S/C16H15ClN2OS/c17-15-6-5-13(21-15)11-18-8-10-19-9-7-12-3-1-2-4-14(12)16(19)20/h1-7,9,18H,8,10-11H2. The minimum Gasteiger partial charge on any atom is -0.314 e. The van der Waals surface area contributed by atoms with Crippen molar-refractivity contribution in [2.24, 2.45) is 0 Å². The van der Waals surface area contributed by atoms with Crippen molar-refractivity contribution < 1.29 is 0 Å². The van der Waals surface area contributed by atoms with Crippen molar-refractivity contribution in [2.75, 3.05) is 6.54 Å². The molecule has 0 atom stereocenters. The Labute approximate surface area is 131 Å². The first-order valence-corrected chi connectivity index (χ1v) is 7.96. The molecule has 2 aromatic heterocycles. The van der Waals surface area contributed by atoms with Crippen LogP contribution in [0.5, 0.6) is 0 Å². The summed E-state index contributed by atoms with van der Waals surface area (Å²) >= 11 is 7.46. The summed E-state index contributed by atoms with van der Waals surface area (Å²) in [5.74, 6) is 0. The second kappa shape index (κ2) is 6.43. The SMILES string of the molecule is O=c1c2ccccc2ccn1CCNCc1ccc(Cl)s1. The van der Waals surface area contributed by atoms with Crippen LogP contribution in [0.2, 0.25) is 4.34 Å². The molecular formula is C16H15ClN2OS. The van der Waals surface area contributed by atoms with E-state index >= 15 is 0 Å². The molecule has 0 aliphatic carbocycles. The van der Waals surface area contributed by atoms with Crippen LogP contribution < -0.4 is 10.9 Å². The van der Waals surface area contributed by atoms with Crippen LogP contribution >= 0.6 is 22.9 Å². The molecule has 1 N–H and O–H groups in total. The summed E-state index contributed by atoms with van der Waals surface area (Å²) in [6, 6.07) is 13.6. The quantitative estimate of drug-likeness (QED) is 0.730. The Balaban J connectivity index is 1.63. The Kier molecular flexibility index (Phi) is 4.39. The molecule has 0 saturated carbocycles. The van der Waals surface area contributed by atoms with Gasteiger partial charge in [-0.05, 0) is 29.7 Å². The molecule has 0 spiro atoms. The lowest BCUT2D eigenvalue weighted by atomic mass is 10.2. The second-order valence-corrected chi connectivity index (χ2v) is 6.58. The minimum absolute atomic E-state index is 0.0640. The van der Waals surface area contributed by atoms with E-state index < -0.39 is 0 Å². The second-order valence-electron chi connectivity index (χ2n) is 4.78. The lowest BCUT2D eigenvalue weighted by molar-refractivity contribution is 0.590. The Bertz CT molecular complexity index is 809. The Hall–Kier alpha value is -1.62. The van der Waals surface area contributed by atoms with Gasteiger partial charge < -0.3 is 9.88 Å². The molecule has 108 valence electrons. The van der Waals surface area contributed by atoms with Crippen LogP contribution in [0.25, 0.3) is 10.8 Å². The molecule has 0 aliphatic heterocycles. The van der Waals surface area contributed by atoms with E-state index in [-0.39, 0.29) is 5.56 Å². The summed E-state index contributed by atoms with van der Waals surface area (Å²) in [6.45, 7) is 2.18. The number of benzene rings is 1. The van der Waals surface area contributed by atoms with Gasteiger partial charge in [0.15, 0.2) is 0 Å². The number of rotatable bonds is 5. The Morgan fingerprint density at radius 3 is 2.81 bits per heavy atom. The maximum absolute atomic E-state index is 12.3. The van der Waals surface area contributed by atoms with E-state index in [1.54, 1.807) is 15.9 Å². The van der Waals surface area contributed by atoms with E-state index in [4.69, 9.17) is 11.6 Å². The fraction of sp³-hybridized carbons (Fsp3) is 0.188. The van der Waals surface area contributed by atoms with Gasteiger partial charge in [0.25, 0.3) is 5.56 Å². The smallest absolute Gasteiger partial charge is 0.258 e. The first kappa shape index (κ1) is 14.3. The molecule has 0 aliphatic rings. The van der Waals surface area contributed by atoms with E-state index in [1.165, 1.54) is 4.88 Å². The highest BCUT2D eigenvalue weighted by atomic mass is 35.5. The highest BCUT2D eigenvalue weighted by Crippen LogP contribution is 2.20. The molecule has 2 heterocycles. The minimum atomic E-state index is 0.0640. The lowest BCUT2D eigenvalue weighted by Gasteiger charge is -2.08. The van der Waals surface area contributed by atoms with Crippen LogP contribution in [0.3, 0.4) is 0 Å². The molecule has 3 rings (SSSR count). The van der Waals surface area contributed by atoms with E-state index in [2.05, 4.69) is 5.32 Å². The van der Waals surface area contributed by atoms with Crippen LogP contribution in [0.1, 0.15) is 4.88 Å². The zero-order chi connectivity index (χ0) is 14.7. The topological polar surface area (TPSA) is 34.0 Å². The molecule has 0 radical (unpaired) electrons. The number of fused-ring (bicyclic) bond motifs is 1. The summed E-state index contributed by atoms with van der Waals surface area (Å²) in [4.78, 5) is 13.5. The molecule has 5 heteroatoms. The summed E-state index contributed by atoms with van der Waals surface area (Å²) < 4.78 is 2.55. The molecule has 1 aromatic carbocycles. The van der Waals surface area contributed by atoms with Crippen LogP contribution in [0.15, 0.2) is 53.5 Å². The van der Waals surface area contributed by atoms with Gasteiger partial charge in [-0.3, -0.25) is 4.79 Å². The predicted octanol–water partition coefficient (Wildman–Crippen LogP) is 3.51. The van der Waals surface area contributed by atoms with E-state index in [9.17, 15) is 4.79 Å². The Morgan fingerprint density at radius 1 is 1.14 bits per heavy atom. The summed E-state index contributed by atoms with van der Waals surface area (Å²) in [5, 5.41) is 5.09. The molecule has 3 nitrogen and oxygen atoms in total. The fourth-order valence-electron chi connectivity index (χ4n) is 2.26. The van der Waals surface area contributed by atoms with E-state index in [0.717, 1.165) is 28.2 Å². The molecule has 3 aromatic rings. The number of nitrogens with zero attached hydrogens (tertiary/aromatic N) is 1. The number of nitrogens with one attached hydrogen (secondary N) is 1. The van der Waals surface area contributed by atoms with Crippen molar-refractivity contribution in [3.63, 3.8) is 0 Å². The molecule has 0 amide bonds.